The van der Waals surface area contributed by atoms with Crippen LogP contribution in [0.5, 0.6) is 5.75 Å². The molecular formula is C19H18N2O4. The van der Waals surface area contributed by atoms with Crippen LogP contribution in [0.3, 0.4) is 0 Å². The van der Waals surface area contributed by atoms with Crippen LogP contribution in [0.2, 0.25) is 0 Å². The van der Waals surface area contributed by atoms with Gasteiger partial charge >= 0.3 is 0 Å². The van der Waals surface area contributed by atoms with E-state index in [-0.39, 0.29) is 25.0 Å². The number of anilines is 2. The second-order valence-corrected chi connectivity index (χ2v) is 5.98. The third-order valence-corrected chi connectivity index (χ3v) is 4.02. The van der Waals surface area contributed by atoms with E-state index in [0.717, 1.165) is 11.1 Å². The molecule has 0 unspecified atom stereocenters. The fourth-order valence-corrected chi connectivity index (χ4v) is 2.75. The van der Waals surface area contributed by atoms with Crippen molar-refractivity contribution in [2.75, 3.05) is 23.4 Å². The molecule has 0 saturated carbocycles. The Labute approximate surface area is 145 Å². The quantitative estimate of drug-likeness (QED) is 0.869. The molecule has 0 saturated heterocycles. The van der Waals surface area contributed by atoms with Crippen molar-refractivity contribution in [2.45, 2.75) is 13.8 Å². The summed E-state index contributed by atoms with van der Waals surface area (Å²) < 4.78 is 5.36. The van der Waals surface area contributed by atoms with Gasteiger partial charge in [0.05, 0.1) is 5.69 Å². The van der Waals surface area contributed by atoms with Crippen LogP contribution in [-0.2, 0) is 9.59 Å². The maximum Gasteiger partial charge on any atom is 0.265 e. The standard InChI is InChI=1S/C19H18N2O4/c1-12-3-5-15(13(2)7-12)20-18(23)9-21-16-8-14(10-22)4-6-17(16)25-11-19(21)24/h3-8,10H,9,11H2,1-2H3,(H,20,23). The summed E-state index contributed by atoms with van der Waals surface area (Å²) in [5.41, 5.74) is 3.60. The zero-order valence-electron chi connectivity index (χ0n) is 14.0. The van der Waals surface area contributed by atoms with Crippen LogP contribution in [0.15, 0.2) is 36.4 Å². The van der Waals surface area contributed by atoms with Crippen LogP contribution >= 0.6 is 0 Å². The summed E-state index contributed by atoms with van der Waals surface area (Å²) in [4.78, 5) is 36.9. The predicted octanol–water partition coefficient (Wildman–Crippen LogP) is 2.48. The van der Waals surface area contributed by atoms with Crippen molar-refractivity contribution in [1.29, 1.82) is 0 Å². The van der Waals surface area contributed by atoms with Crippen LogP contribution in [0.25, 0.3) is 0 Å². The lowest BCUT2D eigenvalue weighted by atomic mass is 10.1. The van der Waals surface area contributed by atoms with E-state index in [1.165, 1.54) is 4.90 Å². The molecule has 2 amide bonds. The molecule has 2 aromatic rings. The zero-order chi connectivity index (χ0) is 18.0. The van der Waals surface area contributed by atoms with Gasteiger partial charge in [0.1, 0.15) is 18.6 Å². The molecule has 2 aromatic carbocycles. The van der Waals surface area contributed by atoms with Crippen molar-refractivity contribution in [2.24, 2.45) is 0 Å². The van der Waals surface area contributed by atoms with Gasteiger partial charge < -0.3 is 10.1 Å². The average molecular weight is 338 g/mol. The number of fused-ring (bicyclic) bond motifs is 1. The van der Waals surface area contributed by atoms with E-state index in [4.69, 9.17) is 4.74 Å². The summed E-state index contributed by atoms with van der Waals surface area (Å²) in [6.45, 7) is 3.61. The molecule has 0 radical (unpaired) electrons. The fraction of sp³-hybridized carbons (Fsp3) is 0.211. The van der Waals surface area contributed by atoms with E-state index in [1.54, 1.807) is 18.2 Å². The molecule has 1 aliphatic heterocycles. The molecule has 0 aromatic heterocycles. The van der Waals surface area contributed by atoms with Gasteiger partial charge in [-0.2, -0.15) is 0 Å². The Morgan fingerprint density at radius 3 is 2.76 bits per heavy atom. The highest BCUT2D eigenvalue weighted by Gasteiger charge is 2.27. The van der Waals surface area contributed by atoms with Crippen LogP contribution < -0.4 is 15.0 Å². The Kier molecular flexibility index (Phi) is 4.52. The molecule has 6 heteroatoms. The van der Waals surface area contributed by atoms with Gasteiger partial charge in [-0.05, 0) is 43.7 Å². The normalized spacial score (nSPS) is 13.0. The van der Waals surface area contributed by atoms with Crippen molar-refractivity contribution >= 4 is 29.5 Å². The molecule has 0 atom stereocenters. The first kappa shape index (κ1) is 16.7. The summed E-state index contributed by atoms with van der Waals surface area (Å²) >= 11 is 0. The first-order valence-corrected chi connectivity index (χ1v) is 7.87. The minimum atomic E-state index is -0.327. The van der Waals surface area contributed by atoms with E-state index in [1.807, 2.05) is 32.0 Å². The lowest BCUT2D eigenvalue weighted by Crippen LogP contribution is -2.43. The predicted molar refractivity (Wildman–Crippen MR) is 94.2 cm³/mol. The molecule has 1 N–H and O–H groups in total. The number of benzene rings is 2. The van der Waals surface area contributed by atoms with Crippen LogP contribution in [-0.4, -0.2) is 31.3 Å². The lowest BCUT2D eigenvalue weighted by molar-refractivity contribution is -0.123. The third kappa shape index (κ3) is 3.52. The Hall–Kier alpha value is -3.15. The molecule has 0 spiro atoms. The first-order valence-electron chi connectivity index (χ1n) is 7.87. The number of hydrogen-bond donors (Lipinski definition) is 1. The van der Waals surface area contributed by atoms with Crippen LogP contribution in [0.4, 0.5) is 11.4 Å². The van der Waals surface area contributed by atoms with Crippen LogP contribution in [0.1, 0.15) is 21.5 Å². The van der Waals surface area contributed by atoms with Crippen molar-refractivity contribution < 1.29 is 19.1 Å². The third-order valence-electron chi connectivity index (χ3n) is 4.02. The second-order valence-electron chi connectivity index (χ2n) is 5.98. The highest BCUT2D eigenvalue weighted by atomic mass is 16.5. The fourth-order valence-electron chi connectivity index (χ4n) is 2.75. The van der Waals surface area contributed by atoms with Gasteiger partial charge in [0.25, 0.3) is 5.91 Å². The van der Waals surface area contributed by atoms with Gasteiger partial charge in [0.15, 0.2) is 6.61 Å². The van der Waals surface area contributed by atoms with E-state index in [2.05, 4.69) is 5.32 Å². The SMILES string of the molecule is Cc1ccc(NC(=O)CN2C(=O)COc3ccc(C=O)cc32)c(C)c1. The van der Waals surface area contributed by atoms with Gasteiger partial charge in [-0.1, -0.05) is 17.7 Å². The topological polar surface area (TPSA) is 75.7 Å². The van der Waals surface area contributed by atoms with E-state index in [9.17, 15) is 14.4 Å². The molecule has 1 aliphatic rings. The van der Waals surface area contributed by atoms with Gasteiger partial charge in [0, 0.05) is 11.3 Å². The Balaban J connectivity index is 1.81. The Morgan fingerprint density at radius 1 is 1.24 bits per heavy atom. The maximum absolute atomic E-state index is 12.4. The van der Waals surface area contributed by atoms with E-state index < -0.39 is 0 Å². The number of carbonyl (C=O) groups excluding carboxylic acids is 3. The average Bonchev–Trinajstić information content (AvgIpc) is 2.59. The Bertz CT molecular complexity index is 860. The first-order chi connectivity index (χ1) is 12.0. The summed E-state index contributed by atoms with van der Waals surface area (Å²) in [6, 6.07) is 10.5. The molecule has 1 heterocycles. The molecule has 0 aliphatic carbocycles. The number of amides is 2. The molecular weight excluding hydrogens is 320 g/mol. The van der Waals surface area contributed by atoms with Gasteiger partial charge in [-0.3, -0.25) is 19.3 Å². The van der Waals surface area contributed by atoms with Crippen LogP contribution in [0, 0.1) is 13.8 Å². The summed E-state index contributed by atoms with van der Waals surface area (Å²) in [7, 11) is 0. The highest BCUT2D eigenvalue weighted by molar-refractivity contribution is 6.05. The molecule has 6 nitrogen and oxygen atoms in total. The number of aryl methyl sites for hydroxylation is 2. The molecule has 25 heavy (non-hydrogen) atoms. The van der Waals surface area contributed by atoms with Crippen molar-refractivity contribution in [3.8, 4) is 5.75 Å². The smallest absolute Gasteiger partial charge is 0.265 e. The monoisotopic (exact) mass is 338 g/mol. The summed E-state index contributed by atoms with van der Waals surface area (Å²) in [5.74, 6) is -0.166. The zero-order valence-corrected chi connectivity index (χ0v) is 14.0. The van der Waals surface area contributed by atoms with Crippen molar-refractivity contribution in [3.05, 3.63) is 53.1 Å². The Morgan fingerprint density at radius 2 is 2.04 bits per heavy atom. The molecule has 0 bridgehead atoms. The minimum absolute atomic E-state index is 0.135. The number of ether oxygens (including phenoxy) is 1. The second kappa shape index (κ2) is 6.76. The molecule has 128 valence electrons. The van der Waals surface area contributed by atoms with Crippen molar-refractivity contribution in [3.63, 3.8) is 0 Å². The lowest BCUT2D eigenvalue weighted by Gasteiger charge is -2.29. The van der Waals surface area contributed by atoms with E-state index in [0.29, 0.717) is 29.0 Å². The van der Waals surface area contributed by atoms with E-state index >= 15 is 0 Å². The van der Waals surface area contributed by atoms with Crippen molar-refractivity contribution in [1.82, 2.24) is 0 Å². The van der Waals surface area contributed by atoms with Gasteiger partial charge in [0.2, 0.25) is 5.91 Å². The summed E-state index contributed by atoms with van der Waals surface area (Å²) in [5, 5.41) is 2.82. The largest absolute Gasteiger partial charge is 0.482 e. The highest BCUT2D eigenvalue weighted by Crippen LogP contribution is 2.32. The molecule has 3 rings (SSSR count). The number of rotatable bonds is 4. The summed E-state index contributed by atoms with van der Waals surface area (Å²) in [6.07, 6.45) is 0.688. The van der Waals surface area contributed by atoms with Gasteiger partial charge in [-0.25, -0.2) is 0 Å². The molecule has 0 fully saturated rings. The number of carbonyl (C=O) groups is 3. The minimum Gasteiger partial charge on any atom is -0.482 e. The number of aldehydes is 1. The number of nitrogens with one attached hydrogen (secondary N) is 1. The number of hydrogen-bond acceptors (Lipinski definition) is 4. The number of nitrogens with zero attached hydrogens (tertiary/aromatic N) is 1. The van der Waals surface area contributed by atoms with Gasteiger partial charge in [-0.15, -0.1) is 0 Å². The maximum atomic E-state index is 12.4.